The van der Waals surface area contributed by atoms with Gasteiger partial charge in [0.15, 0.2) is 0 Å². The Morgan fingerprint density at radius 2 is 2.29 bits per heavy atom. The lowest BCUT2D eigenvalue weighted by Crippen LogP contribution is -2.00. The summed E-state index contributed by atoms with van der Waals surface area (Å²) in [5.74, 6) is 0.630. The third-order valence-corrected chi connectivity index (χ3v) is 2.37. The minimum absolute atomic E-state index is 0.199. The summed E-state index contributed by atoms with van der Waals surface area (Å²) in [6.45, 7) is 2.63. The SMILES string of the molecule is CCNc1ccc(/C(=C\C=O)CO)c(OC)c1. The number of hydrogen-bond donors (Lipinski definition) is 2. The molecule has 0 saturated carbocycles. The number of carbonyl (C=O) groups excluding carboxylic acids is 1. The molecule has 0 heterocycles. The molecule has 2 N–H and O–H groups in total. The average Bonchev–Trinajstić information content (AvgIpc) is 2.36. The normalized spacial score (nSPS) is 11.1. The number of nitrogens with one attached hydrogen (secondary N) is 1. The Kier molecular flexibility index (Phi) is 5.23. The highest BCUT2D eigenvalue weighted by Crippen LogP contribution is 2.28. The van der Waals surface area contributed by atoms with Crippen molar-refractivity contribution in [3.63, 3.8) is 0 Å². The summed E-state index contributed by atoms with van der Waals surface area (Å²) >= 11 is 0. The van der Waals surface area contributed by atoms with Gasteiger partial charge < -0.3 is 15.2 Å². The zero-order valence-corrected chi connectivity index (χ0v) is 10.1. The second-order valence-electron chi connectivity index (χ2n) is 3.43. The molecule has 4 nitrogen and oxygen atoms in total. The Labute approximate surface area is 101 Å². The van der Waals surface area contributed by atoms with E-state index in [-0.39, 0.29) is 6.61 Å². The van der Waals surface area contributed by atoms with E-state index >= 15 is 0 Å². The molecule has 4 heteroatoms. The number of methoxy groups -OCH3 is 1. The van der Waals surface area contributed by atoms with Crippen molar-refractivity contribution >= 4 is 17.5 Å². The fraction of sp³-hybridized carbons (Fsp3) is 0.308. The van der Waals surface area contributed by atoms with Gasteiger partial charge in [0.25, 0.3) is 0 Å². The van der Waals surface area contributed by atoms with Crippen molar-refractivity contribution in [1.82, 2.24) is 0 Å². The summed E-state index contributed by atoms with van der Waals surface area (Å²) < 4.78 is 5.25. The fourth-order valence-electron chi connectivity index (χ4n) is 1.58. The number of benzene rings is 1. The Morgan fingerprint density at radius 3 is 2.82 bits per heavy atom. The van der Waals surface area contributed by atoms with Gasteiger partial charge in [-0.05, 0) is 30.7 Å². The first kappa shape index (κ1) is 13.3. The molecule has 0 saturated heterocycles. The van der Waals surface area contributed by atoms with Gasteiger partial charge in [0, 0.05) is 23.9 Å². The molecule has 0 aliphatic rings. The van der Waals surface area contributed by atoms with E-state index in [4.69, 9.17) is 4.74 Å². The lowest BCUT2D eigenvalue weighted by molar-refractivity contribution is -0.104. The largest absolute Gasteiger partial charge is 0.496 e. The quantitative estimate of drug-likeness (QED) is 0.582. The molecule has 1 aromatic rings. The van der Waals surface area contributed by atoms with E-state index < -0.39 is 0 Å². The van der Waals surface area contributed by atoms with Crippen molar-refractivity contribution in [2.24, 2.45) is 0 Å². The van der Waals surface area contributed by atoms with Gasteiger partial charge in [0.05, 0.1) is 13.7 Å². The van der Waals surface area contributed by atoms with Crippen molar-refractivity contribution in [1.29, 1.82) is 0 Å². The Morgan fingerprint density at radius 1 is 1.53 bits per heavy atom. The van der Waals surface area contributed by atoms with E-state index in [1.807, 2.05) is 25.1 Å². The van der Waals surface area contributed by atoms with Crippen LogP contribution in [-0.4, -0.2) is 31.7 Å². The van der Waals surface area contributed by atoms with Crippen molar-refractivity contribution < 1.29 is 14.6 Å². The van der Waals surface area contributed by atoms with Crippen LogP contribution in [0.15, 0.2) is 24.3 Å². The van der Waals surface area contributed by atoms with Crippen molar-refractivity contribution in [2.45, 2.75) is 6.92 Å². The molecule has 1 rings (SSSR count). The summed E-state index contributed by atoms with van der Waals surface area (Å²) in [7, 11) is 1.56. The third-order valence-electron chi connectivity index (χ3n) is 2.37. The molecular weight excluding hydrogens is 218 g/mol. The first-order valence-corrected chi connectivity index (χ1v) is 5.44. The molecule has 0 atom stereocenters. The maximum absolute atomic E-state index is 10.5. The van der Waals surface area contributed by atoms with Crippen molar-refractivity contribution in [3.05, 3.63) is 29.8 Å². The number of carbonyl (C=O) groups is 1. The molecule has 1 aromatic carbocycles. The molecule has 0 radical (unpaired) electrons. The molecule has 0 fully saturated rings. The predicted octanol–water partition coefficient (Wildman–Crippen LogP) is 1.70. The van der Waals surface area contributed by atoms with Crippen LogP contribution in [0.5, 0.6) is 5.75 Å². The highest BCUT2D eigenvalue weighted by atomic mass is 16.5. The number of hydrogen-bond acceptors (Lipinski definition) is 4. The molecule has 0 spiro atoms. The number of aldehydes is 1. The lowest BCUT2D eigenvalue weighted by atomic mass is 10.0. The minimum Gasteiger partial charge on any atom is -0.496 e. The molecule has 0 aromatic heterocycles. The van der Waals surface area contributed by atoms with Gasteiger partial charge in [-0.25, -0.2) is 0 Å². The van der Waals surface area contributed by atoms with Crippen LogP contribution in [0.25, 0.3) is 5.57 Å². The highest BCUT2D eigenvalue weighted by molar-refractivity contribution is 5.84. The second kappa shape index (κ2) is 6.70. The van der Waals surface area contributed by atoms with E-state index in [1.165, 1.54) is 6.08 Å². The van der Waals surface area contributed by atoms with Crippen LogP contribution in [0.4, 0.5) is 5.69 Å². The van der Waals surface area contributed by atoms with Crippen LogP contribution < -0.4 is 10.1 Å². The molecule has 0 amide bonds. The molecule has 17 heavy (non-hydrogen) atoms. The Bertz CT molecular complexity index is 413. The standard InChI is InChI=1S/C13H17NO3/c1-3-14-11-4-5-12(13(8-11)17-2)10(9-16)6-7-15/h4-8,14,16H,3,9H2,1-2H3/b10-6-. The number of rotatable bonds is 6. The van der Waals surface area contributed by atoms with E-state index in [0.29, 0.717) is 17.6 Å². The van der Waals surface area contributed by atoms with Crippen molar-refractivity contribution in [3.8, 4) is 5.75 Å². The zero-order chi connectivity index (χ0) is 12.7. The van der Waals surface area contributed by atoms with Crippen LogP contribution in [0.2, 0.25) is 0 Å². The third kappa shape index (κ3) is 3.32. The van der Waals surface area contributed by atoms with Crippen LogP contribution >= 0.6 is 0 Å². The van der Waals surface area contributed by atoms with Gasteiger partial charge in [0.2, 0.25) is 0 Å². The first-order chi connectivity index (χ1) is 8.26. The number of anilines is 1. The molecule has 92 valence electrons. The van der Waals surface area contributed by atoms with E-state index in [0.717, 1.165) is 17.8 Å². The summed E-state index contributed by atoms with van der Waals surface area (Å²) in [5, 5.41) is 12.4. The fourth-order valence-corrected chi connectivity index (χ4v) is 1.58. The predicted molar refractivity (Wildman–Crippen MR) is 68.3 cm³/mol. The number of ether oxygens (including phenoxy) is 1. The summed E-state index contributed by atoms with van der Waals surface area (Å²) in [4.78, 5) is 10.5. The Hall–Kier alpha value is -1.81. The van der Waals surface area contributed by atoms with Crippen LogP contribution in [0, 0.1) is 0 Å². The number of aliphatic hydroxyl groups is 1. The highest BCUT2D eigenvalue weighted by Gasteiger charge is 2.08. The van der Waals surface area contributed by atoms with Gasteiger partial charge in [-0.1, -0.05) is 0 Å². The van der Waals surface area contributed by atoms with Crippen LogP contribution in [0.1, 0.15) is 12.5 Å². The van der Waals surface area contributed by atoms with Crippen LogP contribution in [-0.2, 0) is 4.79 Å². The van der Waals surface area contributed by atoms with Gasteiger partial charge in [-0.2, -0.15) is 0 Å². The second-order valence-corrected chi connectivity index (χ2v) is 3.43. The molecular formula is C13H17NO3. The van der Waals surface area contributed by atoms with Crippen molar-refractivity contribution in [2.75, 3.05) is 25.6 Å². The van der Waals surface area contributed by atoms with E-state index in [2.05, 4.69) is 5.32 Å². The van der Waals surface area contributed by atoms with Gasteiger partial charge in [-0.15, -0.1) is 0 Å². The van der Waals surface area contributed by atoms with E-state index in [1.54, 1.807) is 7.11 Å². The topological polar surface area (TPSA) is 58.6 Å². The van der Waals surface area contributed by atoms with E-state index in [9.17, 15) is 9.90 Å². The van der Waals surface area contributed by atoms with Gasteiger partial charge >= 0.3 is 0 Å². The number of aliphatic hydroxyl groups excluding tert-OH is 1. The summed E-state index contributed by atoms with van der Waals surface area (Å²) in [5.41, 5.74) is 2.21. The maximum atomic E-state index is 10.5. The number of allylic oxidation sites excluding steroid dienone is 1. The van der Waals surface area contributed by atoms with Crippen LogP contribution in [0.3, 0.4) is 0 Å². The maximum Gasteiger partial charge on any atom is 0.143 e. The van der Waals surface area contributed by atoms with Gasteiger partial charge in [0.1, 0.15) is 12.0 Å². The Balaban J connectivity index is 3.15. The molecule has 0 bridgehead atoms. The zero-order valence-electron chi connectivity index (χ0n) is 10.1. The molecule has 0 aliphatic carbocycles. The lowest BCUT2D eigenvalue weighted by Gasteiger charge is -2.12. The summed E-state index contributed by atoms with van der Waals surface area (Å²) in [6, 6.07) is 5.55. The van der Waals surface area contributed by atoms with Gasteiger partial charge in [-0.3, -0.25) is 4.79 Å². The smallest absolute Gasteiger partial charge is 0.143 e. The molecule has 0 aliphatic heterocycles. The average molecular weight is 235 g/mol. The summed E-state index contributed by atoms with van der Waals surface area (Å²) in [6.07, 6.45) is 1.99. The monoisotopic (exact) mass is 235 g/mol. The molecule has 0 unspecified atom stereocenters. The first-order valence-electron chi connectivity index (χ1n) is 5.44. The minimum atomic E-state index is -0.199.